The Balaban J connectivity index is 1.57. The summed E-state index contributed by atoms with van der Waals surface area (Å²) < 4.78 is 41.8. The third-order valence-electron chi connectivity index (χ3n) is 4.91. The van der Waals surface area contributed by atoms with E-state index in [1.165, 1.54) is 17.1 Å². The highest BCUT2D eigenvalue weighted by Gasteiger charge is 2.38. The molecule has 3 rings (SSSR count). The van der Waals surface area contributed by atoms with Crippen molar-refractivity contribution in [2.75, 3.05) is 39.8 Å². The number of carbonyl (C=O) groups is 1. The van der Waals surface area contributed by atoms with E-state index in [9.17, 15) is 18.0 Å². The maximum atomic E-state index is 12.6. The topological polar surface area (TPSA) is 48.0 Å². The van der Waals surface area contributed by atoms with Crippen molar-refractivity contribution in [3.8, 4) is 5.75 Å². The number of para-hydroxylation sites is 1. The molecule has 2 fully saturated rings. The molecule has 0 saturated carbocycles. The average Bonchev–Trinajstić information content (AvgIpc) is 2.61. The van der Waals surface area contributed by atoms with Crippen LogP contribution in [0.5, 0.6) is 5.75 Å². The molecule has 1 aromatic rings. The monoisotopic (exact) mass is 450 g/mol. The molecule has 0 bridgehead atoms. The molecular weight excluding hydrogens is 429 g/mol. The number of amides is 1. The first-order valence-electron chi connectivity index (χ1n) is 8.70. The number of hydrazine groups is 1. The smallest absolute Gasteiger partial charge is 0.405 e. The summed E-state index contributed by atoms with van der Waals surface area (Å²) in [6, 6.07) is 6.28. The van der Waals surface area contributed by atoms with Gasteiger partial charge in [0.25, 0.3) is 5.91 Å². The number of carbonyl (C=O) groups excluding carboxylic acids is 1. The van der Waals surface area contributed by atoms with Gasteiger partial charge in [0.1, 0.15) is 10.6 Å². The molecule has 150 valence electrons. The number of rotatable bonds is 4. The Morgan fingerprint density at radius 2 is 1.89 bits per heavy atom. The molecule has 1 N–H and O–H groups in total. The fourth-order valence-electron chi connectivity index (χ4n) is 3.43. The first-order valence-corrected chi connectivity index (χ1v) is 9.61. The molecule has 0 radical (unpaired) electrons. The Morgan fingerprint density at radius 3 is 2.56 bits per heavy atom. The van der Waals surface area contributed by atoms with E-state index in [-0.39, 0.29) is 22.5 Å². The quantitative estimate of drug-likeness (QED) is 0.708. The summed E-state index contributed by atoms with van der Waals surface area (Å²) >= 11 is 3.49. The lowest BCUT2D eigenvalue weighted by atomic mass is 10.1. The minimum Gasteiger partial charge on any atom is -0.405 e. The molecule has 0 spiro atoms. The minimum atomic E-state index is -4.70. The van der Waals surface area contributed by atoms with Gasteiger partial charge in [-0.15, -0.1) is 13.2 Å². The second kappa shape index (κ2) is 8.34. The molecular formula is C17H22BrF3N4O2. The molecule has 10 heteroatoms. The normalized spacial score (nSPS) is 25.7. The largest absolute Gasteiger partial charge is 0.573 e. The summed E-state index contributed by atoms with van der Waals surface area (Å²) in [5.74, 6) is -0.162. The van der Waals surface area contributed by atoms with E-state index in [0.717, 1.165) is 13.1 Å². The van der Waals surface area contributed by atoms with Crippen LogP contribution in [0.25, 0.3) is 0 Å². The van der Waals surface area contributed by atoms with Crippen molar-refractivity contribution in [1.82, 2.24) is 20.2 Å². The molecule has 1 amide bonds. The van der Waals surface area contributed by atoms with Crippen molar-refractivity contribution in [3.63, 3.8) is 0 Å². The minimum absolute atomic E-state index is 0.00749. The zero-order valence-electron chi connectivity index (χ0n) is 14.9. The van der Waals surface area contributed by atoms with E-state index < -0.39 is 6.36 Å². The highest BCUT2D eigenvalue weighted by Crippen LogP contribution is 2.28. The van der Waals surface area contributed by atoms with Crippen molar-refractivity contribution in [3.05, 3.63) is 29.8 Å². The van der Waals surface area contributed by atoms with Gasteiger partial charge in [-0.1, -0.05) is 34.1 Å². The molecule has 27 heavy (non-hydrogen) atoms. The Morgan fingerprint density at radius 1 is 1.22 bits per heavy atom. The summed E-state index contributed by atoms with van der Waals surface area (Å²) in [4.78, 5) is 16.2. The lowest BCUT2D eigenvalue weighted by Crippen LogP contribution is -2.64. The second-order valence-electron chi connectivity index (χ2n) is 6.70. The Kier molecular flexibility index (Phi) is 6.29. The van der Waals surface area contributed by atoms with E-state index in [0.29, 0.717) is 31.7 Å². The van der Waals surface area contributed by atoms with Crippen LogP contribution in [-0.2, 0) is 11.3 Å². The van der Waals surface area contributed by atoms with Gasteiger partial charge in [0.2, 0.25) is 0 Å². The van der Waals surface area contributed by atoms with Gasteiger partial charge in [0, 0.05) is 57.9 Å². The average molecular weight is 451 g/mol. The fourth-order valence-corrected chi connectivity index (χ4v) is 4.26. The number of nitrogens with one attached hydrogen (secondary N) is 1. The van der Waals surface area contributed by atoms with Crippen LogP contribution in [-0.4, -0.2) is 77.7 Å². The number of alkyl halides is 4. The Hall–Kier alpha value is -1.36. The van der Waals surface area contributed by atoms with E-state index in [1.807, 2.05) is 0 Å². The van der Waals surface area contributed by atoms with Gasteiger partial charge < -0.3 is 4.74 Å². The first kappa shape index (κ1) is 20.4. The van der Waals surface area contributed by atoms with Crippen LogP contribution in [0.3, 0.4) is 0 Å². The van der Waals surface area contributed by atoms with E-state index >= 15 is 0 Å². The SMILES string of the molecule is CN1NCC(N2CCN(Cc3ccccc3OC(F)(F)F)CC2)C(Br)C1=O. The zero-order chi connectivity index (χ0) is 19.6. The van der Waals surface area contributed by atoms with Crippen LogP contribution in [0.15, 0.2) is 24.3 Å². The van der Waals surface area contributed by atoms with E-state index in [2.05, 4.69) is 35.9 Å². The van der Waals surface area contributed by atoms with Gasteiger partial charge in [-0.05, 0) is 6.07 Å². The van der Waals surface area contributed by atoms with Crippen molar-refractivity contribution < 1.29 is 22.7 Å². The fraction of sp³-hybridized carbons (Fsp3) is 0.588. The van der Waals surface area contributed by atoms with Crippen LogP contribution in [0.2, 0.25) is 0 Å². The molecule has 6 nitrogen and oxygen atoms in total. The molecule has 1 aromatic carbocycles. The number of ether oxygens (including phenoxy) is 1. The van der Waals surface area contributed by atoms with E-state index in [4.69, 9.17) is 0 Å². The van der Waals surface area contributed by atoms with Gasteiger partial charge >= 0.3 is 6.36 Å². The first-order chi connectivity index (χ1) is 12.7. The number of halogens is 4. The van der Waals surface area contributed by atoms with Crippen molar-refractivity contribution in [2.24, 2.45) is 0 Å². The summed E-state index contributed by atoms with van der Waals surface area (Å²) in [5.41, 5.74) is 3.58. The van der Waals surface area contributed by atoms with Gasteiger partial charge in [-0.25, -0.2) is 5.43 Å². The molecule has 2 saturated heterocycles. The van der Waals surface area contributed by atoms with Crippen LogP contribution < -0.4 is 10.2 Å². The van der Waals surface area contributed by atoms with Crippen molar-refractivity contribution in [2.45, 2.75) is 23.8 Å². The number of benzene rings is 1. The maximum absolute atomic E-state index is 12.6. The summed E-state index contributed by atoms with van der Waals surface area (Å²) in [6.07, 6.45) is -4.70. The molecule has 2 unspecified atom stereocenters. The lowest BCUT2D eigenvalue weighted by molar-refractivity contribution is -0.275. The predicted molar refractivity (Wildman–Crippen MR) is 97.3 cm³/mol. The number of piperazine rings is 1. The van der Waals surface area contributed by atoms with Crippen LogP contribution >= 0.6 is 15.9 Å². The molecule has 0 aromatic heterocycles. The predicted octanol–water partition coefficient (Wildman–Crippen LogP) is 1.81. The lowest BCUT2D eigenvalue weighted by Gasteiger charge is -2.44. The van der Waals surface area contributed by atoms with Crippen molar-refractivity contribution >= 4 is 21.8 Å². The second-order valence-corrected chi connectivity index (χ2v) is 7.68. The van der Waals surface area contributed by atoms with Gasteiger partial charge in [0.05, 0.1) is 0 Å². The zero-order valence-corrected chi connectivity index (χ0v) is 16.5. The van der Waals surface area contributed by atoms with Gasteiger partial charge in [-0.3, -0.25) is 19.6 Å². The molecule has 2 aliphatic heterocycles. The maximum Gasteiger partial charge on any atom is 0.573 e. The summed E-state index contributed by atoms with van der Waals surface area (Å²) in [6.45, 7) is 3.96. The highest BCUT2D eigenvalue weighted by molar-refractivity contribution is 9.10. The molecule has 2 atom stereocenters. The number of hydrogen-bond donors (Lipinski definition) is 1. The van der Waals surface area contributed by atoms with Crippen LogP contribution in [0.4, 0.5) is 13.2 Å². The van der Waals surface area contributed by atoms with E-state index in [1.54, 1.807) is 19.2 Å². The summed E-state index contributed by atoms with van der Waals surface area (Å²) in [5, 5.41) is 1.49. The third kappa shape index (κ3) is 5.13. The summed E-state index contributed by atoms with van der Waals surface area (Å²) in [7, 11) is 1.70. The van der Waals surface area contributed by atoms with Crippen LogP contribution in [0.1, 0.15) is 5.56 Å². The highest BCUT2D eigenvalue weighted by atomic mass is 79.9. The third-order valence-corrected chi connectivity index (χ3v) is 5.91. The van der Waals surface area contributed by atoms with Gasteiger partial charge in [-0.2, -0.15) is 0 Å². The molecule has 2 aliphatic rings. The van der Waals surface area contributed by atoms with Crippen LogP contribution in [0, 0.1) is 0 Å². The Labute approximate surface area is 164 Å². The standard InChI is InChI=1S/C17H22BrF3N4O2/c1-23-16(26)15(18)13(10-22-23)25-8-6-24(7-9-25)11-12-4-2-3-5-14(12)27-17(19,20)21/h2-5,13,15,22H,6-11H2,1H3. The Bertz CT molecular complexity index is 668. The number of hydrogen-bond acceptors (Lipinski definition) is 5. The van der Waals surface area contributed by atoms with Gasteiger partial charge in [0.15, 0.2) is 0 Å². The van der Waals surface area contributed by atoms with Crippen molar-refractivity contribution in [1.29, 1.82) is 0 Å². The molecule has 2 heterocycles. The number of nitrogens with zero attached hydrogens (tertiary/aromatic N) is 3. The molecule has 0 aliphatic carbocycles.